The van der Waals surface area contributed by atoms with Crippen molar-refractivity contribution in [3.63, 3.8) is 0 Å². The van der Waals surface area contributed by atoms with E-state index in [1.807, 2.05) is 0 Å². The van der Waals surface area contributed by atoms with E-state index in [4.69, 9.17) is 22.9 Å². The Hall–Kier alpha value is -2.62. The minimum absolute atomic E-state index is 0.00962. The summed E-state index contributed by atoms with van der Waals surface area (Å²) in [6, 6.07) is -4.77. The topological polar surface area (TPSA) is 261 Å². The van der Waals surface area contributed by atoms with Gasteiger partial charge in [-0.2, -0.15) is 12.6 Å². The van der Waals surface area contributed by atoms with E-state index in [0.717, 1.165) is 0 Å². The molecule has 0 saturated carbocycles. The minimum Gasteiger partial charge on any atom is -0.480 e. The van der Waals surface area contributed by atoms with Crippen LogP contribution in [-0.4, -0.2) is 89.0 Å². The van der Waals surface area contributed by atoms with Crippen LogP contribution in [-0.2, 0) is 19.2 Å². The van der Waals surface area contributed by atoms with Crippen LogP contribution in [0.5, 0.6) is 0 Å². The van der Waals surface area contributed by atoms with Crippen molar-refractivity contribution >= 4 is 42.3 Å². The lowest BCUT2D eigenvalue weighted by atomic mass is 10.1. The van der Waals surface area contributed by atoms with Crippen LogP contribution in [0.1, 0.15) is 39.0 Å². The Morgan fingerprint density at radius 3 is 2.06 bits per heavy atom. The number of aliphatic imine (C=N–C) groups is 1. The molecule has 34 heavy (non-hydrogen) atoms. The number of guanidine groups is 1. The van der Waals surface area contributed by atoms with Crippen molar-refractivity contribution in [2.45, 2.75) is 69.3 Å². The minimum atomic E-state index is -1.48. The van der Waals surface area contributed by atoms with Crippen LogP contribution in [0.25, 0.3) is 0 Å². The van der Waals surface area contributed by atoms with E-state index in [9.17, 15) is 29.4 Å². The average molecular weight is 507 g/mol. The third kappa shape index (κ3) is 12.6. The van der Waals surface area contributed by atoms with Gasteiger partial charge in [0.2, 0.25) is 17.7 Å². The standard InChI is InChI=1S/C19H38N8O6S/c1-10(28)14(17(31)25-12(18(32)33)6-4-8-24-19(22)23)27-16(30)13(9-34)26-15(29)11(21)5-2-3-7-20/h10-14,28,34H,2-9,20-21H2,1H3,(H,25,31)(H,26,29)(H,27,30)(H,32,33)(H4,22,23,24). The first-order valence-electron chi connectivity index (χ1n) is 10.9. The first kappa shape index (κ1) is 31.4. The molecule has 5 unspecified atom stereocenters. The third-order valence-electron chi connectivity index (χ3n) is 4.74. The second-order valence-electron chi connectivity index (χ2n) is 7.71. The number of carboxylic acids is 1. The van der Waals surface area contributed by atoms with E-state index in [-0.39, 0.29) is 31.1 Å². The van der Waals surface area contributed by atoms with Crippen LogP contribution in [0, 0.1) is 0 Å². The molecule has 13 N–H and O–H groups in total. The van der Waals surface area contributed by atoms with Gasteiger partial charge in [0.05, 0.1) is 12.1 Å². The third-order valence-corrected chi connectivity index (χ3v) is 5.11. The maximum atomic E-state index is 12.6. The predicted molar refractivity (Wildman–Crippen MR) is 130 cm³/mol. The first-order chi connectivity index (χ1) is 15.9. The van der Waals surface area contributed by atoms with Crippen molar-refractivity contribution in [3.8, 4) is 0 Å². The molecular weight excluding hydrogens is 468 g/mol. The van der Waals surface area contributed by atoms with E-state index in [0.29, 0.717) is 25.8 Å². The molecule has 0 aromatic rings. The Morgan fingerprint density at radius 1 is 0.941 bits per heavy atom. The number of nitrogens with one attached hydrogen (secondary N) is 3. The van der Waals surface area contributed by atoms with Crippen LogP contribution in [0.2, 0.25) is 0 Å². The Bertz CT molecular complexity index is 704. The fourth-order valence-electron chi connectivity index (χ4n) is 2.79. The number of amides is 3. The largest absolute Gasteiger partial charge is 0.480 e. The van der Waals surface area contributed by atoms with Crippen LogP contribution in [0.3, 0.4) is 0 Å². The molecule has 0 aromatic heterocycles. The van der Waals surface area contributed by atoms with E-state index < -0.39 is 54.0 Å². The van der Waals surface area contributed by atoms with E-state index >= 15 is 0 Å². The lowest BCUT2D eigenvalue weighted by Gasteiger charge is -2.26. The number of carbonyl (C=O) groups is 4. The summed E-state index contributed by atoms with van der Waals surface area (Å²) in [5.74, 6) is -3.84. The van der Waals surface area contributed by atoms with Gasteiger partial charge in [-0.3, -0.25) is 19.4 Å². The van der Waals surface area contributed by atoms with Gasteiger partial charge in [-0.1, -0.05) is 6.42 Å². The lowest BCUT2D eigenvalue weighted by molar-refractivity contribution is -0.143. The maximum absolute atomic E-state index is 12.6. The van der Waals surface area contributed by atoms with Crippen molar-refractivity contribution in [3.05, 3.63) is 0 Å². The van der Waals surface area contributed by atoms with E-state index in [1.165, 1.54) is 6.92 Å². The number of rotatable bonds is 17. The fraction of sp³-hybridized carbons (Fsp3) is 0.737. The molecule has 0 aromatic carbocycles. The molecule has 0 aliphatic heterocycles. The number of hydrogen-bond acceptors (Lipinski definition) is 9. The molecular formula is C19H38N8O6S. The molecule has 0 radical (unpaired) electrons. The molecule has 0 heterocycles. The van der Waals surface area contributed by atoms with Crippen LogP contribution >= 0.6 is 12.6 Å². The van der Waals surface area contributed by atoms with Crippen molar-refractivity contribution in [2.75, 3.05) is 18.8 Å². The number of hydrogen-bond donors (Lipinski definition) is 10. The summed E-state index contributed by atoms with van der Waals surface area (Å²) in [5, 5.41) is 26.4. The number of thiol groups is 1. The van der Waals surface area contributed by atoms with Crippen LogP contribution < -0.4 is 38.9 Å². The zero-order chi connectivity index (χ0) is 26.3. The van der Waals surface area contributed by atoms with Crippen molar-refractivity contribution < 1.29 is 29.4 Å². The highest BCUT2D eigenvalue weighted by atomic mass is 32.1. The van der Waals surface area contributed by atoms with Gasteiger partial charge in [0.1, 0.15) is 18.1 Å². The lowest BCUT2D eigenvalue weighted by Crippen LogP contribution is -2.60. The van der Waals surface area contributed by atoms with Gasteiger partial charge in [0.15, 0.2) is 5.96 Å². The summed E-state index contributed by atoms with van der Waals surface area (Å²) >= 11 is 4.05. The molecule has 196 valence electrons. The fourth-order valence-corrected chi connectivity index (χ4v) is 3.05. The zero-order valence-corrected chi connectivity index (χ0v) is 20.2. The molecule has 15 heteroatoms. The van der Waals surface area contributed by atoms with Crippen LogP contribution in [0.4, 0.5) is 0 Å². The number of unbranched alkanes of at least 4 members (excludes halogenated alkanes) is 1. The van der Waals surface area contributed by atoms with Gasteiger partial charge in [0.25, 0.3) is 0 Å². The molecule has 3 amide bonds. The monoisotopic (exact) mass is 506 g/mol. The number of nitrogens with two attached hydrogens (primary N) is 4. The van der Waals surface area contributed by atoms with Crippen molar-refractivity contribution in [2.24, 2.45) is 27.9 Å². The molecule has 14 nitrogen and oxygen atoms in total. The van der Waals surface area contributed by atoms with E-state index in [2.05, 4.69) is 33.6 Å². The molecule has 0 bridgehead atoms. The Labute approximate surface area is 204 Å². The normalized spacial score (nSPS) is 15.2. The molecule has 0 aliphatic rings. The Kier molecular flexibility index (Phi) is 15.6. The number of carbonyl (C=O) groups excluding carboxylic acids is 3. The Morgan fingerprint density at radius 2 is 1.56 bits per heavy atom. The summed E-state index contributed by atoms with van der Waals surface area (Å²) < 4.78 is 0. The number of nitrogens with zero attached hydrogens (tertiary/aromatic N) is 1. The second kappa shape index (κ2) is 16.9. The van der Waals surface area contributed by atoms with Crippen molar-refractivity contribution in [1.29, 1.82) is 0 Å². The predicted octanol–water partition coefficient (Wildman–Crippen LogP) is -3.65. The smallest absolute Gasteiger partial charge is 0.326 e. The molecule has 5 atom stereocenters. The highest BCUT2D eigenvalue weighted by Gasteiger charge is 2.32. The SMILES string of the molecule is CC(O)C(NC(=O)C(CS)NC(=O)C(N)CCCCN)C(=O)NC(CCCN=C(N)N)C(=O)O. The molecule has 0 saturated heterocycles. The number of aliphatic hydroxyl groups excluding tert-OH is 1. The second-order valence-corrected chi connectivity index (χ2v) is 8.07. The number of carboxylic acid groups (broad SMARTS) is 1. The van der Waals surface area contributed by atoms with Crippen molar-refractivity contribution in [1.82, 2.24) is 16.0 Å². The summed E-state index contributed by atoms with van der Waals surface area (Å²) in [4.78, 5) is 52.7. The first-order valence-corrected chi connectivity index (χ1v) is 11.5. The Balaban J connectivity index is 5.07. The van der Waals surface area contributed by atoms with E-state index in [1.54, 1.807) is 0 Å². The summed E-state index contributed by atoms with van der Waals surface area (Å²) in [7, 11) is 0. The highest BCUT2D eigenvalue weighted by Crippen LogP contribution is 2.03. The number of aliphatic hydroxyl groups is 1. The maximum Gasteiger partial charge on any atom is 0.326 e. The molecule has 0 spiro atoms. The van der Waals surface area contributed by atoms with Gasteiger partial charge >= 0.3 is 5.97 Å². The summed E-state index contributed by atoms with van der Waals surface area (Å²) in [5.41, 5.74) is 21.6. The molecule has 0 aliphatic carbocycles. The van der Waals surface area contributed by atoms with Gasteiger partial charge in [0, 0.05) is 12.3 Å². The summed E-state index contributed by atoms with van der Waals surface area (Å²) in [6.45, 7) is 1.88. The summed E-state index contributed by atoms with van der Waals surface area (Å²) in [6.07, 6.45) is 0.630. The zero-order valence-electron chi connectivity index (χ0n) is 19.3. The highest BCUT2D eigenvalue weighted by molar-refractivity contribution is 7.80. The quantitative estimate of drug-likeness (QED) is 0.0400. The van der Waals surface area contributed by atoms with Gasteiger partial charge in [-0.05, 0) is 39.2 Å². The molecule has 0 fully saturated rings. The molecule has 0 rings (SSSR count). The number of aliphatic carboxylic acids is 1. The van der Waals surface area contributed by atoms with Gasteiger partial charge in [-0.25, -0.2) is 4.79 Å². The van der Waals surface area contributed by atoms with Gasteiger partial charge in [-0.15, -0.1) is 0 Å². The van der Waals surface area contributed by atoms with Gasteiger partial charge < -0.3 is 49.1 Å². The van der Waals surface area contributed by atoms with Crippen LogP contribution in [0.15, 0.2) is 4.99 Å². The average Bonchev–Trinajstić information content (AvgIpc) is 2.76.